The third-order valence-electron chi connectivity index (χ3n) is 5.03. The Bertz CT molecular complexity index is 931. The SMILES string of the molecule is COc1cc(/C=N\NC(=O)CCc2cc(C(C)(C)C)c(O)c(C(C)(C)C)c2)ccc1O. The molecule has 0 fully saturated rings. The van der Waals surface area contributed by atoms with Crippen LogP contribution < -0.4 is 10.2 Å². The Morgan fingerprint density at radius 3 is 2.13 bits per heavy atom. The topological polar surface area (TPSA) is 91.2 Å². The number of benzene rings is 2. The van der Waals surface area contributed by atoms with Crippen molar-refractivity contribution in [2.45, 2.75) is 65.2 Å². The van der Waals surface area contributed by atoms with Crippen molar-refractivity contribution in [3.8, 4) is 17.2 Å². The number of hydrogen-bond acceptors (Lipinski definition) is 5. The summed E-state index contributed by atoms with van der Waals surface area (Å²) in [4.78, 5) is 12.3. The molecule has 0 saturated carbocycles. The van der Waals surface area contributed by atoms with Crippen LogP contribution in [0, 0.1) is 0 Å². The Morgan fingerprint density at radius 2 is 1.61 bits per heavy atom. The number of aryl methyl sites for hydroxylation is 1. The highest BCUT2D eigenvalue weighted by Crippen LogP contribution is 2.40. The van der Waals surface area contributed by atoms with Crippen molar-refractivity contribution < 1.29 is 19.7 Å². The van der Waals surface area contributed by atoms with Gasteiger partial charge in [-0.1, -0.05) is 53.7 Å². The molecule has 0 radical (unpaired) electrons. The van der Waals surface area contributed by atoms with Gasteiger partial charge in [0.1, 0.15) is 5.75 Å². The smallest absolute Gasteiger partial charge is 0.240 e. The Balaban J connectivity index is 2.09. The van der Waals surface area contributed by atoms with E-state index in [4.69, 9.17) is 4.74 Å². The van der Waals surface area contributed by atoms with E-state index in [0.29, 0.717) is 23.5 Å². The second kappa shape index (κ2) is 9.41. The van der Waals surface area contributed by atoms with E-state index in [-0.39, 0.29) is 28.9 Å². The molecule has 0 aliphatic rings. The van der Waals surface area contributed by atoms with E-state index < -0.39 is 0 Å². The molecule has 0 spiro atoms. The number of carbonyl (C=O) groups excluding carboxylic acids is 1. The van der Waals surface area contributed by atoms with Crippen LogP contribution in [0.2, 0.25) is 0 Å². The highest BCUT2D eigenvalue weighted by Gasteiger charge is 2.26. The summed E-state index contributed by atoms with van der Waals surface area (Å²) in [6, 6.07) is 8.79. The van der Waals surface area contributed by atoms with Crippen molar-refractivity contribution in [2.24, 2.45) is 5.10 Å². The summed E-state index contributed by atoms with van der Waals surface area (Å²) in [6.07, 6.45) is 2.31. The lowest BCUT2D eigenvalue weighted by Gasteiger charge is -2.28. The average molecular weight is 427 g/mol. The lowest BCUT2D eigenvalue weighted by Crippen LogP contribution is -2.20. The minimum Gasteiger partial charge on any atom is -0.507 e. The molecule has 168 valence electrons. The van der Waals surface area contributed by atoms with Crippen molar-refractivity contribution in [3.05, 3.63) is 52.6 Å². The number of aromatic hydroxyl groups is 2. The second-order valence-corrected chi connectivity index (χ2v) is 9.76. The number of carbonyl (C=O) groups is 1. The normalized spacial score (nSPS) is 12.2. The van der Waals surface area contributed by atoms with Gasteiger partial charge in [-0.05, 0) is 57.7 Å². The summed E-state index contributed by atoms with van der Waals surface area (Å²) in [6.45, 7) is 12.4. The third kappa shape index (κ3) is 6.48. The monoisotopic (exact) mass is 426 g/mol. The molecule has 0 unspecified atom stereocenters. The molecule has 0 aromatic heterocycles. The molecule has 0 heterocycles. The highest BCUT2D eigenvalue weighted by atomic mass is 16.5. The fraction of sp³-hybridized carbons (Fsp3) is 0.440. The fourth-order valence-corrected chi connectivity index (χ4v) is 3.25. The highest BCUT2D eigenvalue weighted by molar-refractivity contribution is 5.83. The molecule has 0 aliphatic heterocycles. The zero-order chi connectivity index (χ0) is 23.4. The lowest BCUT2D eigenvalue weighted by atomic mass is 9.78. The van der Waals surface area contributed by atoms with Crippen molar-refractivity contribution in [2.75, 3.05) is 7.11 Å². The molecular weight excluding hydrogens is 392 g/mol. The van der Waals surface area contributed by atoms with Crippen molar-refractivity contribution >= 4 is 12.1 Å². The number of nitrogens with zero attached hydrogens (tertiary/aromatic N) is 1. The van der Waals surface area contributed by atoms with Crippen LogP contribution in [-0.4, -0.2) is 29.4 Å². The maximum atomic E-state index is 12.3. The molecule has 2 aromatic rings. The molecule has 1 amide bonds. The molecule has 2 aromatic carbocycles. The number of rotatable bonds is 6. The van der Waals surface area contributed by atoms with Crippen LogP contribution in [0.5, 0.6) is 17.2 Å². The van der Waals surface area contributed by atoms with Crippen LogP contribution in [0.15, 0.2) is 35.4 Å². The van der Waals surface area contributed by atoms with Crippen LogP contribution in [0.3, 0.4) is 0 Å². The van der Waals surface area contributed by atoms with Gasteiger partial charge in [0.2, 0.25) is 5.91 Å². The first-order valence-corrected chi connectivity index (χ1v) is 10.4. The molecule has 0 aliphatic carbocycles. The minimum atomic E-state index is -0.210. The van der Waals surface area contributed by atoms with Gasteiger partial charge in [0.15, 0.2) is 11.5 Å². The second-order valence-electron chi connectivity index (χ2n) is 9.76. The van der Waals surface area contributed by atoms with Crippen LogP contribution in [0.4, 0.5) is 0 Å². The molecule has 6 nitrogen and oxygen atoms in total. The number of nitrogens with one attached hydrogen (secondary N) is 1. The van der Waals surface area contributed by atoms with Crippen molar-refractivity contribution in [3.63, 3.8) is 0 Å². The molecule has 31 heavy (non-hydrogen) atoms. The van der Waals surface area contributed by atoms with Crippen LogP contribution in [0.25, 0.3) is 0 Å². The van der Waals surface area contributed by atoms with E-state index in [1.165, 1.54) is 19.4 Å². The van der Waals surface area contributed by atoms with E-state index in [1.807, 2.05) is 12.1 Å². The number of hydrogen-bond donors (Lipinski definition) is 3. The van der Waals surface area contributed by atoms with Gasteiger partial charge >= 0.3 is 0 Å². The summed E-state index contributed by atoms with van der Waals surface area (Å²) in [5, 5.41) is 24.4. The summed E-state index contributed by atoms with van der Waals surface area (Å²) >= 11 is 0. The average Bonchev–Trinajstić information content (AvgIpc) is 2.66. The van der Waals surface area contributed by atoms with Gasteiger partial charge in [0.05, 0.1) is 13.3 Å². The Morgan fingerprint density at radius 1 is 1.03 bits per heavy atom. The molecule has 6 heteroatoms. The Hall–Kier alpha value is -3.02. The quantitative estimate of drug-likeness (QED) is 0.458. The number of hydrazone groups is 1. The van der Waals surface area contributed by atoms with E-state index in [0.717, 1.165) is 16.7 Å². The number of phenols is 2. The van der Waals surface area contributed by atoms with Gasteiger partial charge < -0.3 is 14.9 Å². The van der Waals surface area contributed by atoms with E-state index in [2.05, 4.69) is 52.1 Å². The summed E-state index contributed by atoms with van der Waals surface area (Å²) < 4.78 is 5.06. The lowest BCUT2D eigenvalue weighted by molar-refractivity contribution is -0.121. The van der Waals surface area contributed by atoms with Crippen LogP contribution in [-0.2, 0) is 22.0 Å². The van der Waals surface area contributed by atoms with Gasteiger partial charge in [0.25, 0.3) is 0 Å². The van der Waals surface area contributed by atoms with Crippen molar-refractivity contribution in [1.29, 1.82) is 0 Å². The van der Waals surface area contributed by atoms with Crippen LogP contribution >= 0.6 is 0 Å². The largest absolute Gasteiger partial charge is 0.507 e. The first-order chi connectivity index (χ1) is 14.3. The molecular formula is C25H34N2O4. The number of amides is 1. The van der Waals surface area contributed by atoms with E-state index in [1.54, 1.807) is 12.1 Å². The van der Waals surface area contributed by atoms with E-state index in [9.17, 15) is 15.0 Å². The predicted octanol–water partition coefficient (Wildman–Crippen LogP) is 4.78. The standard InChI is InChI=1S/C25H34N2O4/c1-24(2,3)18-12-16(13-19(23(18)30)25(4,5)6)9-11-22(29)27-26-15-17-8-10-20(28)21(14-17)31-7/h8,10,12-15,28,30H,9,11H2,1-7H3,(H,27,29)/b26-15-. The maximum Gasteiger partial charge on any atom is 0.240 e. The van der Waals surface area contributed by atoms with E-state index >= 15 is 0 Å². The summed E-state index contributed by atoms with van der Waals surface area (Å²) in [5.74, 6) is 0.514. The Kier molecular flexibility index (Phi) is 7.37. The zero-order valence-electron chi connectivity index (χ0n) is 19.5. The van der Waals surface area contributed by atoms with Gasteiger partial charge in [0, 0.05) is 6.42 Å². The Labute approximate surface area is 185 Å². The maximum absolute atomic E-state index is 12.3. The minimum absolute atomic E-state index is 0.0434. The predicted molar refractivity (Wildman–Crippen MR) is 124 cm³/mol. The number of phenolic OH excluding ortho intramolecular Hbond substituents is 2. The van der Waals surface area contributed by atoms with Gasteiger partial charge in [-0.25, -0.2) is 5.43 Å². The van der Waals surface area contributed by atoms with Crippen LogP contribution in [0.1, 0.15) is 70.2 Å². The molecule has 0 saturated heterocycles. The number of ether oxygens (including phenoxy) is 1. The summed E-state index contributed by atoms with van der Waals surface area (Å²) in [5.41, 5.74) is 5.58. The molecule has 0 atom stereocenters. The first-order valence-electron chi connectivity index (χ1n) is 10.4. The van der Waals surface area contributed by atoms with Gasteiger partial charge in [-0.3, -0.25) is 4.79 Å². The van der Waals surface area contributed by atoms with Crippen molar-refractivity contribution in [1.82, 2.24) is 5.43 Å². The zero-order valence-corrected chi connectivity index (χ0v) is 19.5. The van der Waals surface area contributed by atoms with Gasteiger partial charge in [-0.2, -0.15) is 5.10 Å². The van der Waals surface area contributed by atoms with Gasteiger partial charge in [-0.15, -0.1) is 0 Å². The molecule has 0 bridgehead atoms. The summed E-state index contributed by atoms with van der Waals surface area (Å²) in [7, 11) is 1.47. The molecule has 3 N–H and O–H groups in total. The fourth-order valence-electron chi connectivity index (χ4n) is 3.25. The molecule has 2 rings (SSSR count). The number of methoxy groups -OCH3 is 1. The first kappa shape index (κ1) is 24.3. The third-order valence-corrected chi connectivity index (χ3v) is 5.03.